The monoisotopic (exact) mass is 214 g/mol. The molecule has 3 heteroatoms. The summed E-state index contributed by atoms with van der Waals surface area (Å²) in [5.41, 5.74) is 0.995. The van der Waals surface area contributed by atoms with Crippen LogP contribution in [0.4, 0.5) is 0 Å². The number of ether oxygens (including phenoxy) is 1. The van der Waals surface area contributed by atoms with Crippen molar-refractivity contribution in [2.75, 3.05) is 6.61 Å². The molecule has 0 rings (SSSR count). The second-order valence-electron chi connectivity index (χ2n) is 4.99. The van der Waals surface area contributed by atoms with Gasteiger partial charge in [0.1, 0.15) is 6.10 Å². The van der Waals surface area contributed by atoms with E-state index < -0.39 is 0 Å². The van der Waals surface area contributed by atoms with Crippen LogP contribution < -0.4 is 0 Å². The molecule has 0 bridgehead atoms. The number of hydrogen-bond acceptors (Lipinski definition) is 3. The topological polar surface area (TPSA) is 46.5 Å². The lowest BCUT2D eigenvalue weighted by atomic mass is 9.88. The van der Waals surface area contributed by atoms with E-state index in [1.807, 2.05) is 40.7 Å². The zero-order valence-electron chi connectivity index (χ0n) is 10.3. The maximum absolute atomic E-state index is 11.3. The molecular weight excluding hydrogens is 192 g/mol. The van der Waals surface area contributed by atoms with Gasteiger partial charge < -0.3 is 9.84 Å². The molecule has 0 spiro atoms. The van der Waals surface area contributed by atoms with Gasteiger partial charge in [-0.05, 0) is 19.9 Å². The van der Waals surface area contributed by atoms with Crippen LogP contribution in [0.1, 0.15) is 41.0 Å². The highest BCUT2D eigenvalue weighted by Crippen LogP contribution is 2.24. The van der Waals surface area contributed by atoms with Crippen molar-refractivity contribution in [3.8, 4) is 0 Å². The van der Waals surface area contributed by atoms with Gasteiger partial charge in [0.2, 0.25) is 0 Å². The maximum atomic E-state index is 11.3. The molecule has 0 aliphatic heterocycles. The van der Waals surface area contributed by atoms with Gasteiger partial charge in [-0.3, -0.25) is 4.79 Å². The van der Waals surface area contributed by atoms with Crippen molar-refractivity contribution < 1.29 is 14.6 Å². The van der Waals surface area contributed by atoms with E-state index in [1.165, 1.54) is 0 Å². The average Bonchev–Trinajstić information content (AvgIpc) is 2.00. The number of hydrogen-bond donors (Lipinski definition) is 1. The van der Waals surface area contributed by atoms with Gasteiger partial charge in [0.15, 0.2) is 0 Å². The Labute approximate surface area is 92.1 Å². The number of allylic oxidation sites excluding steroid dienone is 1. The first-order valence-electron chi connectivity index (χ1n) is 5.22. The predicted molar refractivity (Wildman–Crippen MR) is 60.5 cm³/mol. The van der Waals surface area contributed by atoms with Crippen molar-refractivity contribution in [3.05, 3.63) is 11.6 Å². The van der Waals surface area contributed by atoms with E-state index in [2.05, 4.69) is 0 Å². The lowest BCUT2D eigenvalue weighted by Gasteiger charge is -2.28. The summed E-state index contributed by atoms with van der Waals surface area (Å²) in [5, 5.41) is 8.62. The third-order valence-electron chi connectivity index (χ3n) is 1.91. The number of esters is 1. The first-order chi connectivity index (χ1) is 6.77. The normalized spacial score (nSPS) is 13.2. The van der Waals surface area contributed by atoms with Gasteiger partial charge in [0, 0.05) is 5.41 Å². The fraction of sp³-hybridized carbons (Fsp3) is 0.750. The summed E-state index contributed by atoms with van der Waals surface area (Å²) < 4.78 is 5.29. The molecule has 0 saturated carbocycles. The summed E-state index contributed by atoms with van der Waals surface area (Å²) >= 11 is 0. The number of rotatable bonds is 4. The molecule has 1 N–H and O–H groups in total. The largest absolute Gasteiger partial charge is 0.457 e. The van der Waals surface area contributed by atoms with E-state index in [1.54, 1.807) is 0 Å². The van der Waals surface area contributed by atoms with E-state index in [9.17, 15) is 4.79 Å². The molecule has 88 valence electrons. The minimum absolute atomic E-state index is 0.0587. The summed E-state index contributed by atoms with van der Waals surface area (Å²) in [7, 11) is 0. The Morgan fingerprint density at radius 2 is 1.93 bits per heavy atom. The second-order valence-corrected chi connectivity index (χ2v) is 4.99. The van der Waals surface area contributed by atoms with Crippen molar-refractivity contribution in [2.45, 2.75) is 47.1 Å². The summed E-state index contributed by atoms with van der Waals surface area (Å²) in [4.78, 5) is 11.3. The summed E-state index contributed by atoms with van der Waals surface area (Å²) in [6.45, 7) is 9.83. The molecule has 0 saturated heterocycles. The third-order valence-corrected chi connectivity index (χ3v) is 1.91. The van der Waals surface area contributed by atoms with Crippen LogP contribution in [0, 0.1) is 5.41 Å². The standard InChI is InChI=1S/C12H22O3/c1-9(2)8-10(12(3,4)5)15-11(14)6-7-13/h8,10,13H,6-7H2,1-5H3. The zero-order chi connectivity index (χ0) is 12.1. The fourth-order valence-corrected chi connectivity index (χ4v) is 1.06. The van der Waals surface area contributed by atoms with Crippen LogP contribution in [0.2, 0.25) is 0 Å². The van der Waals surface area contributed by atoms with Gasteiger partial charge in [0.05, 0.1) is 13.0 Å². The van der Waals surface area contributed by atoms with E-state index in [0.717, 1.165) is 5.57 Å². The molecular formula is C12H22O3. The van der Waals surface area contributed by atoms with Crippen LogP contribution in [-0.2, 0) is 9.53 Å². The zero-order valence-corrected chi connectivity index (χ0v) is 10.3. The van der Waals surface area contributed by atoms with Crippen LogP contribution in [0.15, 0.2) is 11.6 Å². The number of carbonyl (C=O) groups is 1. The Bertz CT molecular complexity index is 232. The highest BCUT2D eigenvalue weighted by atomic mass is 16.5. The Hall–Kier alpha value is -0.830. The molecule has 0 aromatic carbocycles. The maximum Gasteiger partial charge on any atom is 0.308 e. The van der Waals surface area contributed by atoms with Crippen molar-refractivity contribution in [1.82, 2.24) is 0 Å². The first-order valence-corrected chi connectivity index (χ1v) is 5.22. The second kappa shape index (κ2) is 5.91. The number of aliphatic hydroxyl groups excluding tert-OH is 1. The number of aliphatic hydroxyl groups is 1. The third kappa shape index (κ3) is 6.28. The minimum Gasteiger partial charge on any atom is -0.457 e. The Morgan fingerprint density at radius 3 is 2.27 bits per heavy atom. The van der Waals surface area contributed by atoms with Crippen LogP contribution in [-0.4, -0.2) is 23.8 Å². The summed E-state index contributed by atoms with van der Waals surface area (Å²) in [5.74, 6) is -0.352. The highest BCUT2D eigenvalue weighted by Gasteiger charge is 2.25. The summed E-state index contributed by atoms with van der Waals surface area (Å²) in [6.07, 6.45) is 1.76. The molecule has 15 heavy (non-hydrogen) atoms. The predicted octanol–water partition coefficient (Wildman–Crippen LogP) is 2.29. The smallest absolute Gasteiger partial charge is 0.308 e. The molecule has 0 aliphatic rings. The van der Waals surface area contributed by atoms with Gasteiger partial charge in [-0.15, -0.1) is 0 Å². The lowest BCUT2D eigenvalue weighted by Crippen LogP contribution is -2.30. The van der Waals surface area contributed by atoms with E-state index in [4.69, 9.17) is 9.84 Å². The molecule has 1 atom stereocenters. The Balaban J connectivity index is 4.53. The lowest BCUT2D eigenvalue weighted by molar-refractivity contribution is -0.152. The Morgan fingerprint density at radius 1 is 1.40 bits per heavy atom. The van der Waals surface area contributed by atoms with Gasteiger partial charge in [-0.25, -0.2) is 0 Å². The molecule has 0 heterocycles. The van der Waals surface area contributed by atoms with Gasteiger partial charge in [0.25, 0.3) is 0 Å². The van der Waals surface area contributed by atoms with Crippen LogP contribution in [0.5, 0.6) is 0 Å². The SMILES string of the molecule is CC(C)=CC(OC(=O)CCO)C(C)(C)C. The molecule has 1 unspecified atom stereocenters. The first kappa shape index (κ1) is 14.2. The molecule has 0 radical (unpaired) electrons. The van der Waals surface area contributed by atoms with Crippen LogP contribution in [0.3, 0.4) is 0 Å². The quantitative estimate of drug-likeness (QED) is 0.577. The summed E-state index contributed by atoms with van der Waals surface area (Å²) in [6, 6.07) is 0. The van der Waals surface area contributed by atoms with Gasteiger partial charge >= 0.3 is 5.97 Å². The fourth-order valence-electron chi connectivity index (χ4n) is 1.06. The molecule has 3 nitrogen and oxygen atoms in total. The van der Waals surface area contributed by atoms with E-state index >= 15 is 0 Å². The number of carbonyl (C=O) groups excluding carboxylic acids is 1. The van der Waals surface area contributed by atoms with Crippen molar-refractivity contribution in [2.24, 2.45) is 5.41 Å². The Kier molecular flexibility index (Phi) is 5.58. The van der Waals surface area contributed by atoms with Gasteiger partial charge in [-0.2, -0.15) is 0 Å². The molecule has 0 aliphatic carbocycles. The highest BCUT2D eigenvalue weighted by molar-refractivity contribution is 5.69. The molecule has 0 fully saturated rings. The van der Waals surface area contributed by atoms with E-state index in [0.29, 0.717) is 0 Å². The molecule has 0 amide bonds. The van der Waals surface area contributed by atoms with Crippen molar-refractivity contribution >= 4 is 5.97 Å². The molecule has 0 aromatic heterocycles. The van der Waals surface area contributed by atoms with E-state index in [-0.39, 0.29) is 30.5 Å². The molecule has 0 aromatic rings. The van der Waals surface area contributed by atoms with Gasteiger partial charge in [-0.1, -0.05) is 26.3 Å². The van der Waals surface area contributed by atoms with Crippen molar-refractivity contribution in [3.63, 3.8) is 0 Å². The minimum atomic E-state index is -0.352. The van der Waals surface area contributed by atoms with Crippen LogP contribution in [0.25, 0.3) is 0 Å². The van der Waals surface area contributed by atoms with Crippen molar-refractivity contribution in [1.29, 1.82) is 0 Å². The average molecular weight is 214 g/mol. The van der Waals surface area contributed by atoms with Crippen LogP contribution >= 0.6 is 0 Å².